The van der Waals surface area contributed by atoms with Crippen molar-refractivity contribution in [1.82, 2.24) is 18.8 Å². The number of aromatic nitrogens is 4. The Morgan fingerprint density at radius 3 is 1.47 bits per heavy atom. The van der Waals surface area contributed by atoms with E-state index in [2.05, 4.69) is 0 Å². The first kappa shape index (κ1) is 28.1. The van der Waals surface area contributed by atoms with Crippen LogP contribution in [0.3, 0.4) is 0 Å². The summed E-state index contributed by atoms with van der Waals surface area (Å²) in [5.41, 5.74) is 3.17. The van der Waals surface area contributed by atoms with E-state index in [-0.39, 0.29) is 20.9 Å². The van der Waals surface area contributed by atoms with Crippen molar-refractivity contribution in [3.63, 3.8) is 0 Å². The van der Waals surface area contributed by atoms with E-state index in [9.17, 15) is 18.0 Å². The minimum Gasteiger partial charge on any atom is -0.268 e. The zero-order valence-electron chi connectivity index (χ0n) is 26.9. The van der Waals surface area contributed by atoms with Gasteiger partial charge in [-0.2, -0.15) is 0 Å². The lowest BCUT2D eigenvalue weighted by atomic mass is 9.86. The fourth-order valence-corrected chi connectivity index (χ4v) is 10.1. The van der Waals surface area contributed by atoms with Crippen LogP contribution in [0, 0.1) is 0 Å². The predicted molar refractivity (Wildman–Crippen MR) is 198 cm³/mol. The highest BCUT2D eigenvalue weighted by Gasteiger charge is 2.37. The van der Waals surface area contributed by atoms with Gasteiger partial charge in [-0.25, -0.2) is 18.4 Å². The van der Waals surface area contributed by atoms with Gasteiger partial charge in [0, 0.05) is 48.5 Å². The lowest BCUT2D eigenvalue weighted by Gasteiger charge is -2.17. The summed E-state index contributed by atoms with van der Waals surface area (Å²) in [6.45, 7) is 8.00. The Labute approximate surface area is 277 Å². The van der Waals surface area contributed by atoms with Gasteiger partial charge in [0.15, 0.2) is 0 Å². The molecule has 7 aromatic carbocycles. The topological polar surface area (TPSA) is 103 Å². The molecule has 0 aliphatic carbocycles. The molecular formula is C40H26N4O4S. The lowest BCUT2D eigenvalue weighted by molar-refractivity contribution is 0.599. The number of benzene rings is 7. The molecule has 0 unspecified atom stereocenters. The van der Waals surface area contributed by atoms with E-state index in [1.165, 1.54) is 0 Å². The van der Waals surface area contributed by atoms with Crippen LogP contribution in [0.25, 0.3) is 98.0 Å². The second-order valence-electron chi connectivity index (χ2n) is 12.0. The summed E-state index contributed by atoms with van der Waals surface area (Å²) in [4.78, 5) is 38.3. The maximum atomic E-state index is 14.6. The van der Waals surface area contributed by atoms with Crippen LogP contribution in [0.2, 0.25) is 0 Å². The van der Waals surface area contributed by atoms with Gasteiger partial charge in [0.05, 0.1) is 37.2 Å². The van der Waals surface area contributed by atoms with Crippen molar-refractivity contribution in [2.75, 3.05) is 0 Å². The first-order valence-corrected chi connectivity index (χ1v) is 18.0. The molecule has 4 aromatic heterocycles. The fourth-order valence-electron chi connectivity index (χ4n) is 8.34. The van der Waals surface area contributed by atoms with Crippen LogP contribution in [0.1, 0.15) is 27.7 Å². The van der Waals surface area contributed by atoms with Gasteiger partial charge in [-0.1, -0.05) is 64.1 Å². The Morgan fingerprint density at radius 2 is 0.898 bits per heavy atom. The third kappa shape index (κ3) is 3.00. The van der Waals surface area contributed by atoms with Gasteiger partial charge in [0.25, 0.3) is 11.1 Å². The molecular weight excluding hydrogens is 633 g/mol. The monoisotopic (exact) mass is 658 g/mol. The van der Waals surface area contributed by atoms with Crippen molar-refractivity contribution in [1.29, 1.82) is 0 Å². The minimum absolute atomic E-state index is 0.119. The van der Waals surface area contributed by atoms with Gasteiger partial charge in [-0.3, -0.25) is 18.4 Å². The highest BCUT2D eigenvalue weighted by atomic mass is 32.2. The molecule has 1 aliphatic heterocycles. The molecule has 0 spiro atoms. The largest absolute Gasteiger partial charge is 0.268 e. The molecule has 0 fully saturated rings. The summed E-state index contributed by atoms with van der Waals surface area (Å²) in [5, 5.41) is 7.97. The summed E-state index contributed by atoms with van der Waals surface area (Å²) in [6, 6.07) is 25.9. The number of sulfone groups is 1. The third-order valence-corrected chi connectivity index (χ3v) is 11.9. The number of rotatable bonds is 0. The Balaban J connectivity index is 0.000000740. The van der Waals surface area contributed by atoms with E-state index in [1.54, 1.807) is 20.9 Å². The normalized spacial score (nSPS) is 13.8. The Morgan fingerprint density at radius 1 is 0.469 bits per heavy atom. The molecule has 9 heteroatoms. The number of pyridine rings is 2. The average molecular weight is 659 g/mol. The second kappa shape index (κ2) is 9.15. The molecule has 0 bridgehead atoms. The number of para-hydroxylation sites is 4. The number of imidazole rings is 2. The number of fused-ring (bicyclic) bond motifs is 9. The Hall–Kier alpha value is -5.93. The molecule has 5 heterocycles. The SMILES string of the molecule is CC.CC.O=c1c2cc3c4c5c(cc6c7c(ccc(c8ccc(c2c84)c2nc4ccccc4n12)c57)c(=O)n1c2ccccc2nc61)S3(=O)=O. The molecule has 0 saturated carbocycles. The smallest absolute Gasteiger partial charge is 0.264 e. The Bertz CT molecular complexity index is 3460. The van der Waals surface area contributed by atoms with Crippen molar-refractivity contribution in [3.05, 3.63) is 106 Å². The molecule has 0 atom stereocenters. The number of hydrogen-bond acceptors (Lipinski definition) is 6. The minimum atomic E-state index is -4.04. The number of nitrogens with zero attached hydrogens (tertiary/aromatic N) is 4. The van der Waals surface area contributed by atoms with Crippen LogP contribution in [0.5, 0.6) is 0 Å². The maximum absolute atomic E-state index is 14.6. The highest BCUT2D eigenvalue weighted by Crippen LogP contribution is 2.54. The van der Waals surface area contributed by atoms with E-state index in [0.29, 0.717) is 71.1 Å². The summed E-state index contributed by atoms with van der Waals surface area (Å²) < 4.78 is 32.3. The van der Waals surface area contributed by atoms with Crippen LogP contribution < -0.4 is 11.1 Å². The second-order valence-corrected chi connectivity index (χ2v) is 13.9. The van der Waals surface area contributed by atoms with Crippen molar-refractivity contribution in [3.8, 4) is 0 Å². The van der Waals surface area contributed by atoms with Gasteiger partial charge in [0.1, 0.15) is 11.3 Å². The fraction of sp³-hybridized carbons (Fsp3) is 0.100. The van der Waals surface area contributed by atoms with Gasteiger partial charge < -0.3 is 0 Å². The zero-order valence-corrected chi connectivity index (χ0v) is 27.7. The number of hydrogen-bond donors (Lipinski definition) is 0. The summed E-state index contributed by atoms with van der Waals surface area (Å²) >= 11 is 0. The van der Waals surface area contributed by atoms with Crippen LogP contribution in [0.15, 0.2) is 104 Å². The third-order valence-electron chi connectivity index (χ3n) is 10.1. The molecule has 8 nitrogen and oxygen atoms in total. The highest BCUT2D eigenvalue weighted by molar-refractivity contribution is 7.92. The van der Waals surface area contributed by atoms with Crippen LogP contribution >= 0.6 is 0 Å². The average Bonchev–Trinajstić information content (AvgIpc) is 3.79. The van der Waals surface area contributed by atoms with Gasteiger partial charge in [-0.05, 0) is 59.3 Å². The molecule has 0 amide bonds. The first-order valence-electron chi connectivity index (χ1n) is 16.5. The van der Waals surface area contributed by atoms with Crippen molar-refractivity contribution in [2.45, 2.75) is 37.5 Å². The van der Waals surface area contributed by atoms with E-state index in [1.807, 2.05) is 100 Å². The zero-order chi connectivity index (χ0) is 33.7. The van der Waals surface area contributed by atoms with Crippen molar-refractivity contribution >= 4 is 108 Å². The van der Waals surface area contributed by atoms with E-state index in [0.717, 1.165) is 26.9 Å². The van der Waals surface area contributed by atoms with E-state index < -0.39 is 9.84 Å². The molecule has 12 rings (SSSR count). The van der Waals surface area contributed by atoms with Gasteiger partial charge in [0.2, 0.25) is 9.84 Å². The standard InChI is InChI=1S/C36H14N4O4S.2C2H6/c41-35-18-12-10-16-15-9-11-17-27-20(36(42)39-23-7-3-1-5-21(23)37-33(17)39)14-26-32(29(15)27)31-25(45(26,43)44)13-19(28(18)30(16)31)34-38-22-6-2-4-8-24(22)40(34)35;2*1-2/h1-14H;2*1-2H3. The van der Waals surface area contributed by atoms with Crippen LogP contribution in [0.4, 0.5) is 0 Å². The molecule has 49 heavy (non-hydrogen) atoms. The predicted octanol–water partition coefficient (Wildman–Crippen LogP) is 8.44. The molecule has 0 radical (unpaired) electrons. The van der Waals surface area contributed by atoms with E-state index >= 15 is 0 Å². The molecule has 0 N–H and O–H groups in total. The summed E-state index contributed by atoms with van der Waals surface area (Å²) in [6.07, 6.45) is 0. The van der Waals surface area contributed by atoms with Gasteiger partial charge in [-0.15, -0.1) is 0 Å². The summed E-state index contributed by atoms with van der Waals surface area (Å²) in [5.74, 6) is 0. The van der Waals surface area contributed by atoms with E-state index in [4.69, 9.17) is 9.97 Å². The summed E-state index contributed by atoms with van der Waals surface area (Å²) in [7, 11) is -4.04. The maximum Gasteiger partial charge on any atom is 0.264 e. The van der Waals surface area contributed by atoms with Crippen LogP contribution in [-0.4, -0.2) is 27.2 Å². The molecule has 11 aromatic rings. The van der Waals surface area contributed by atoms with Gasteiger partial charge >= 0.3 is 0 Å². The van der Waals surface area contributed by atoms with Crippen LogP contribution in [-0.2, 0) is 9.84 Å². The van der Waals surface area contributed by atoms with Crippen molar-refractivity contribution in [2.24, 2.45) is 0 Å². The molecule has 236 valence electrons. The Kier molecular flexibility index (Phi) is 5.25. The molecule has 1 aliphatic rings. The first-order chi connectivity index (χ1) is 23.9. The van der Waals surface area contributed by atoms with Crippen molar-refractivity contribution < 1.29 is 8.42 Å². The lowest BCUT2D eigenvalue weighted by Crippen LogP contribution is -2.14. The quantitative estimate of drug-likeness (QED) is 0.120. The molecule has 0 saturated heterocycles.